The molecule has 2 fully saturated rings. The van der Waals surface area contributed by atoms with Crippen LogP contribution >= 0.6 is 0 Å². The van der Waals surface area contributed by atoms with E-state index in [1.165, 1.54) is 0 Å². The Balaban J connectivity index is 1.34. The minimum absolute atomic E-state index is 0.0743. The molecule has 1 aliphatic carbocycles. The molecule has 2 aromatic rings. The van der Waals surface area contributed by atoms with Crippen LogP contribution in [-0.4, -0.2) is 40.2 Å². The van der Waals surface area contributed by atoms with Crippen molar-refractivity contribution in [3.63, 3.8) is 0 Å². The summed E-state index contributed by atoms with van der Waals surface area (Å²) in [4.78, 5) is 19.3. The van der Waals surface area contributed by atoms with Gasteiger partial charge >= 0.3 is 0 Å². The summed E-state index contributed by atoms with van der Waals surface area (Å²) in [6, 6.07) is 7.27. The number of benzene rings is 1. The predicted octanol–water partition coefficient (Wildman–Crippen LogP) is 2.45. The number of fused-ring (bicyclic) bond motifs is 1. The van der Waals surface area contributed by atoms with Crippen LogP contribution in [0.4, 0.5) is 0 Å². The van der Waals surface area contributed by atoms with Gasteiger partial charge in [-0.2, -0.15) is 4.98 Å². The van der Waals surface area contributed by atoms with Crippen LogP contribution in [0.2, 0.25) is 0 Å². The number of para-hydroxylation sites is 2. The summed E-state index contributed by atoms with van der Waals surface area (Å²) in [7, 11) is 0. The van der Waals surface area contributed by atoms with E-state index in [-0.39, 0.29) is 18.6 Å². The van der Waals surface area contributed by atoms with Gasteiger partial charge < -0.3 is 18.9 Å². The molecule has 1 aromatic carbocycles. The maximum absolute atomic E-state index is 13.0. The highest BCUT2D eigenvalue weighted by molar-refractivity contribution is 5.82. The van der Waals surface area contributed by atoms with Crippen molar-refractivity contribution in [2.75, 3.05) is 13.2 Å². The fourth-order valence-corrected chi connectivity index (χ4v) is 3.50. The standard InChI is InChI=1S/C18H19N3O4/c22-18(15-10-23-13-5-1-2-6-14(13)24-15)21-9-3-4-12(21)16-19-17(25-20-16)11-7-8-11/h1-2,5-6,11-12,15H,3-4,7-10H2/t12-,15+/m1/s1. The molecule has 1 aromatic heterocycles. The van der Waals surface area contributed by atoms with Crippen LogP contribution in [0.3, 0.4) is 0 Å². The first-order valence-electron chi connectivity index (χ1n) is 8.82. The average Bonchev–Trinajstić information content (AvgIpc) is 3.19. The van der Waals surface area contributed by atoms with Gasteiger partial charge in [-0.25, -0.2) is 0 Å². The van der Waals surface area contributed by atoms with E-state index in [9.17, 15) is 4.79 Å². The second-order valence-corrected chi connectivity index (χ2v) is 6.82. The third kappa shape index (κ3) is 2.63. The zero-order chi connectivity index (χ0) is 16.8. The second kappa shape index (κ2) is 5.75. The smallest absolute Gasteiger partial charge is 0.267 e. The number of aromatic nitrogens is 2. The number of carbonyl (C=O) groups is 1. The Kier molecular flexibility index (Phi) is 3.39. The molecule has 0 spiro atoms. The molecule has 130 valence electrons. The lowest BCUT2D eigenvalue weighted by Gasteiger charge is -2.30. The van der Waals surface area contributed by atoms with E-state index < -0.39 is 6.10 Å². The van der Waals surface area contributed by atoms with Crippen LogP contribution in [0.1, 0.15) is 49.4 Å². The zero-order valence-electron chi connectivity index (χ0n) is 13.8. The van der Waals surface area contributed by atoms with E-state index in [1.54, 1.807) is 0 Å². The number of amides is 1. The molecular formula is C18H19N3O4. The van der Waals surface area contributed by atoms with Crippen LogP contribution in [0.5, 0.6) is 11.5 Å². The van der Waals surface area contributed by atoms with Gasteiger partial charge in [0.1, 0.15) is 6.61 Å². The molecule has 0 bridgehead atoms. The first kappa shape index (κ1) is 14.7. The number of hydrogen-bond donors (Lipinski definition) is 0. The highest BCUT2D eigenvalue weighted by Gasteiger charge is 2.40. The van der Waals surface area contributed by atoms with Gasteiger partial charge in [-0.3, -0.25) is 4.79 Å². The predicted molar refractivity (Wildman–Crippen MR) is 86.3 cm³/mol. The number of rotatable bonds is 3. The summed E-state index contributed by atoms with van der Waals surface area (Å²) in [5.74, 6) is 2.95. The van der Waals surface area contributed by atoms with E-state index >= 15 is 0 Å². The van der Waals surface area contributed by atoms with Crippen molar-refractivity contribution in [1.82, 2.24) is 15.0 Å². The first-order chi connectivity index (χ1) is 12.3. The highest BCUT2D eigenvalue weighted by atomic mass is 16.6. The van der Waals surface area contributed by atoms with Gasteiger partial charge in [0, 0.05) is 12.5 Å². The molecule has 25 heavy (non-hydrogen) atoms. The minimum Gasteiger partial charge on any atom is -0.485 e. The van der Waals surface area contributed by atoms with Crippen molar-refractivity contribution in [2.24, 2.45) is 0 Å². The van der Waals surface area contributed by atoms with Gasteiger partial charge in [-0.15, -0.1) is 0 Å². The maximum Gasteiger partial charge on any atom is 0.267 e. The van der Waals surface area contributed by atoms with Crippen molar-refractivity contribution in [1.29, 1.82) is 0 Å². The number of hydrogen-bond acceptors (Lipinski definition) is 6. The monoisotopic (exact) mass is 341 g/mol. The Labute approximate surface area is 144 Å². The largest absolute Gasteiger partial charge is 0.485 e. The Morgan fingerprint density at radius 2 is 2.00 bits per heavy atom. The summed E-state index contributed by atoms with van der Waals surface area (Å²) < 4.78 is 16.9. The van der Waals surface area contributed by atoms with Crippen LogP contribution in [0.15, 0.2) is 28.8 Å². The van der Waals surface area contributed by atoms with Gasteiger partial charge in [0.2, 0.25) is 12.0 Å². The SMILES string of the molecule is O=C([C@@H]1COc2ccccc2O1)N1CCC[C@@H]1c1noc(C2CC2)n1. The van der Waals surface area contributed by atoms with Gasteiger partial charge in [-0.05, 0) is 37.8 Å². The Bertz CT molecular complexity index is 801. The Morgan fingerprint density at radius 1 is 1.16 bits per heavy atom. The first-order valence-corrected chi connectivity index (χ1v) is 8.82. The summed E-state index contributed by atoms with van der Waals surface area (Å²) >= 11 is 0. The topological polar surface area (TPSA) is 77.7 Å². The van der Waals surface area contributed by atoms with Crippen molar-refractivity contribution >= 4 is 5.91 Å². The molecule has 1 saturated heterocycles. The molecule has 7 heteroatoms. The van der Waals surface area contributed by atoms with E-state index in [2.05, 4.69) is 10.1 Å². The average molecular weight is 341 g/mol. The molecule has 1 amide bonds. The fraction of sp³-hybridized carbons (Fsp3) is 0.500. The number of likely N-dealkylation sites (tertiary alicyclic amines) is 1. The van der Waals surface area contributed by atoms with Gasteiger partial charge in [0.25, 0.3) is 5.91 Å². The summed E-state index contributed by atoms with van der Waals surface area (Å²) in [5.41, 5.74) is 0. The summed E-state index contributed by atoms with van der Waals surface area (Å²) in [6.07, 6.45) is 3.36. The van der Waals surface area contributed by atoms with Crippen LogP contribution in [-0.2, 0) is 4.79 Å². The molecule has 0 N–H and O–H groups in total. The van der Waals surface area contributed by atoms with Crippen LogP contribution < -0.4 is 9.47 Å². The molecule has 2 aliphatic heterocycles. The lowest BCUT2D eigenvalue weighted by Crippen LogP contribution is -2.46. The lowest BCUT2D eigenvalue weighted by molar-refractivity contribution is -0.142. The number of nitrogens with zero attached hydrogens (tertiary/aromatic N) is 3. The molecule has 2 atom stereocenters. The molecule has 5 rings (SSSR count). The Morgan fingerprint density at radius 3 is 2.84 bits per heavy atom. The lowest BCUT2D eigenvalue weighted by atomic mass is 10.2. The molecule has 0 unspecified atom stereocenters. The van der Waals surface area contributed by atoms with Gasteiger partial charge in [-0.1, -0.05) is 17.3 Å². The summed E-state index contributed by atoms with van der Waals surface area (Å²) in [6.45, 7) is 0.900. The number of carbonyl (C=O) groups excluding carboxylic acids is 1. The molecule has 7 nitrogen and oxygen atoms in total. The highest BCUT2D eigenvalue weighted by Crippen LogP contribution is 2.40. The quantitative estimate of drug-likeness (QED) is 0.853. The van der Waals surface area contributed by atoms with Crippen molar-refractivity contribution in [2.45, 2.75) is 43.7 Å². The summed E-state index contributed by atoms with van der Waals surface area (Å²) in [5, 5.41) is 4.12. The van der Waals surface area contributed by atoms with E-state index in [0.717, 1.165) is 25.7 Å². The van der Waals surface area contributed by atoms with Crippen LogP contribution in [0.25, 0.3) is 0 Å². The second-order valence-electron chi connectivity index (χ2n) is 6.82. The normalized spacial score (nSPS) is 25.2. The fourth-order valence-electron chi connectivity index (χ4n) is 3.50. The molecular weight excluding hydrogens is 322 g/mol. The number of ether oxygens (including phenoxy) is 2. The third-order valence-electron chi connectivity index (χ3n) is 5.00. The van der Waals surface area contributed by atoms with Crippen molar-refractivity contribution in [3.8, 4) is 11.5 Å². The van der Waals surface area contributed by atoms with Gasteiger partial charge in [0.15, 0.2) is 17.3 Å². The molecule has 0 radical (unpaired) electrons. The zero-order valence-corrected chi connectivity index (χ0v) is 13.8. The molecule has 1 saturated carbocycles. The van der Waals surface area contributed by atoms with Crippen molar-refractivity contribution in [3.05, 3.63) is 36.0 Å². The van der Waals surface area contributed by atoms with E-state index in [0.29, 0.717) is 35.7 Å². The Hall–Kier alpha value is -2.57. The van der Waals surface area contributed by atoms with Crippen molar-refractivity contribution < 1.29 is 18.8 Å². The van der Waals surface area contributed by atoms with Gasteiger partial charge in [0.05, 0.1) is 6.04 Å². The third-order valence-corrected chi connectivity index (χ3v) is 5.00. The molecule has 3 heterocycles. The van der Waals surface area contributed by atoms with Crippen LogP contribution in [0, 0.1) is 0 Å². The van der Waals surface area contributed by atoms with E-state index in [4.69, 9.17) is 14.0 Å². The minimum atomic E-state index is -0.634. The maximum atomic E-state index is 13.0. The molecule has 3 aliphatic rings. The van der Waals surface area contributed by atoms with E-state index in [1.807, 2.05) is 29.2 Å².